The van der Waals surface area contributed by atoms with Crippen molar-refractivity contribution < 1.29 is 14.3 Å². The van der Waals surface area contributed by atoms with E-state index < -0.39 is 12.0 Å². The summed E-state index contributed by atoms with van der Waals surface area (Å²) >= 11 is 0. The van der Waals surface area contributed by atoms with E-state index in [1.165, 1.54) is 7.11 Å². The van der Waals surface area contributed by atoms with Gasteiger partial charge in [0.2, 0.25) is 5.91 Å². The van der Waals surface area contributed by atoms with Crippen LogP contribution in [0.5, 0.6) is 0 Å². The van der Waals surface area contributed by atoms with E-state index in [4.69, 9.17) is 0 Å². The number of hydrogen-bond donors (Lipinski definition) is 2. The molecule has 2 N–H and O–H groups in total. The number of carbonyl (C=O) groups excluding carboxylic acids is 2. The molecule has 0 aromatic rings. The smallest absolute Gasteiger partial charge is 0.328 e. The van der Waals surface area contributed by atoms with Crippen LogP contribution >= 0.6 is 0 Å². The summed E-state index contributed by atoms with van der Waals surface area (Å²) in [6.45, 7) is 7.92. The van der Waals surface area contributed by atoms with Crippen LogP contribution in [0, 0.1) is 5.92 Å². The highest BCUT2D eigenvalue weighted by molar-refractivity contribution is 5.85. The first-order valence-electron chi connectivity index (χ1n) is 5.21. The monoisotopic (exact) mass is 228 g/mol. The molecule has 5 heteroatoms. The van der Waals surface area contributed by atoms with Gasteiger partial charge in [-0.05, 0) is 5.92 Å². The fourth-order valence-electron chi connectivity index (χ4n) is 1.14. The van der Waals surface area contributed by atoms with Gasteiger partial charge in [0.05, 0.1) is 13.7 Å². The molecular weight excluding hydrogens is 208 g/mol. The number of methoxy groups -OCH3 is 1. The average Bonchev–Trinajstić information content (AvgIpc) is 2.25. The van der Waals surface area contributed by atoms with Crippen molar-refractivity contribution in [2.75, 3.05) is 20.2 Å². The normalized spacial score (nSPS) is 12.0. The number of rotatable bonds is 7. The Morgan fingerprint density at radius 3 is 2.50 bits per heavy atom. The van der Waals surface area contributed by atoms with Crippen molar-refractivity contribution in [1.29, 1.82) is 0 Å². The minimum absolute atomic E-state index is 0.00388. The molecule has 0 spiro atoms. The van der Waals surface area contributed by atoms with E-state index in [1.54, 1.807) is 6.08 Å². The van der Waals surface area contributed by atoms with E-state index >= 15 is 0 Å². The Kier molecular flexibility index (Phi) is 7.20. The third-order valence-corrected chi connectivity index (χ3v) is 2.01. The van der Waals surface area contributed by atoms with E-state index in [0.29, 0.717) is 6.54 Å². The maximum absolute atomic E-state index is 11.4. The summed E-state index contributed by atoms with van der Waals surface area (Å²) in [4.78, 5) is 22.8. The lowest BCUT2D eigenvalue weighted by molar-refractivity contribution is -0.146. The second-order valence-electron chi connectivity index (χ2n) is 3.73. The van der Waals surface area contributed by atoms with Gasteiger partial charge < -0.3 is 15.4 Å². The third-order valence-electron chi connectivity index (χ3n) is 2.01. The van der Waals surface area contributed by atoms with Crippen molar-refractivity contribution in [3.05, 3.63) is 12.7 Å². The fraction of sp³-hybridized carbons (Fsp3) is 0.636. The molecule has 5 nitrogen and oxygen atoms in total. The second-order valence-corrected chi connectivity index (χ2v) is 3.73. The number of nitrogens with one attached hydrogen (secondary N) is 2. The Morgan fingerprint density at radius 1 is 1.44 bits per heavy atom. The Balaban J connectivity index is 4.13. The predicted molar refractivity (Wildman–Crippen MR) is 61.9 cm³/mol. The number of esters is 1. The Bertz CT molecular complexity index is 252. The van der Waals surface area contributed by atoms with E-state index in [2.05, 4.69) is 21.9 Å². The summed E-state index contributed by atoms with van der Waals surface area (Å²) in [6, 6.07) is -0.594. The molecule has 0 saturated carbocycles. The van der Waals surface area contributed by atoms with Gasteiger partial charge in [0, 0.05) is 6.54 Å². The molecule has 1 amide bonds. The van der Waals surface area contributed by atoms with Gasteiger partial charge in [0.25, 0.3) is 0 Å². The molecule has 0 bridgehead atoms. The van der Waals surface area contributed by atoms with Crippen LogP contribution in [0.1, 0.15) is 13.8 Å². The average molecular weight is 228 g/mol. The van der Waals surface area contributed by atoms with Gasteiger partial charge in [0.15, 0.2) is 0 Å². The summed E-state index contributed by atoms with van der Waals surface area (Å²) in [5.74, 6) is -0.658. The van der Waals surface area contributed by atoms with Crippen LogP contribution in [0.3, 0.4) is 0 Å². The molecule has 0 aromatic heterocycles. The van der Waals surface area contributed by atoms with Gasteiger partial charge in [-0.25, -0.2) is 4.79 Å². The molecule has 0 aliphatic rings. The summed E-state index contributed by atoms with van der Waals surface area (Å²) in [5.41, 5.74) is 0. The second kappa shape index (κ2) is 7.87. The molecule has 0 aromatic carbocycles. The van der Waals surface area contributed by atoms with Crippen molar-refractivity contribution in [3.8, 4) is 0 Å². The Labute approximate surface area is 96.2 Å². The summed E-state index contributed by atoms with van der Waals surface area (Å²) in [6.07, 6.45) is 1.66. The zero-order valence-corrected chi connectivity index (χ0v) is 10.1. The Morgan fingerprint density at radius 2 is 2.06 bits per heavy atom. The minimum Gasteiger partial charge on any atom is -0.467 e. The van der Waals surface area contributed by atoms with Gasteiger partial charge in [-0.3, -0.25) is 4.79 Å². The molecule has 92 valence electrons. The van der Waals surface area contributed by atoms with E-state index in [1.807, 2.05) is 13.8 Å². The lowest BCUT2D eigenvalue weighted by Gasteiger charge is -2.19. The van der Waals surface area contributed by atoms with Crippen molar-refractivity contribution in [2.45, 2.75) is 19.9 Å². The molecule has 1 unspecified atom stereocenters. The van der Waals surface area contributed by atoms with Crippen LogP contribution in [0.25, 0.3) is 0 Å². The number of carbonyl (C=O) groups is 2. The highest BCUT2D eigenvalue weighted by Crippen LogP contribution is 2.02. The van der Waals surface area contributed by atoms with Gasteiger partial charge >= 0.3 is 5.97 Å². The maximum Gasteiger partial charge on any atom is 0.328 e. The molecule has 0 saturated heterocycles. The van der Waals surface area contributed by atoms with Crippen molar-refractivity contribution in [3.63, 3.8) is 0 Å². The molecule has 0 aliphatic carbocycles. The SMILES string of the molecule is C=CCNCC(=O)NC(C(=O)OC)C(C)C. The van der Waals surface area contributed by atoms with Crippen molar-refractivity contribution >= 4 is 11.9 Å². The lowest BCUT2D eigenvalue weighted by atomic mass is 10.0. The maximum atomic E-state index is 11.4. The minimum atomic E-state index is -0.594. The number of ether oxygens (including phenoxy) is 1. The highest BCUT2D eigenvalue weighted by Gasteiger charge is 2.24. The predicted octanol–water partition coefficient (Wildman–Crippen LogP) is 0.0758. The topological polar surface area (TPSA) is 67.4 Å². The number of hydrogen-bond acceptors (Lipinski definition) is 4. The van der Waals surface area contributed by atoms with E-state index in [0.717, 1.165) is 0 Å². The molecular formula is C11H20N2O3. The molecule has 0 heterocycles. The summed E-state index contributed by atoms with van der Waals surface area (Å²) in [5, 5.41) is 5.47. The molecule has 0 rings (SSSR count). The molecule has 0 fully saturated rings. The van der Waals surface area contributed by atoms with Crippen LogP contribution in [0.4, 0.5) is 0 Å². The van der Waals surface area contributed by atoms with Crippen molar-refractivity contribution in [2.24, 2.45) is 5.92 Å². The van der Waals surface area contributed by atoms with Crippen molar-refractivity contribution in [1.82, 2.24) is 10.6 Å². The van der Waals surface area contributed by atoms with Crippen LogP contribution < -0.4 is 10.6 Å². The van der Waals surface area contributed by atoms with Gasteiger partial charge in [-0.1, -0.05) is 19.9 Å². The van der Waals surface area contributed by atoms with Crippen LogP contribution in [-0.2, 0) is 14.3 Å². The molecule has 0 aliphatic heterocycles. The molecule has 1 atom stereocenters. The Hall–Kier alpha value is -1.36. The van der Waals surface area contributed by atoms with E-state index in [9.17, 15) is 9.59 Å². The van der Waals surface area contributed by atoms with Gasteiger partial charge in [-0.2, -0.15) is 0 Å². The van der Waals surface area contributed by atoms with E-state index in [-0.39, 0.29) is 18.4 Å². The first kappa shape index (κ1) is 14.6. The van der Waals surface area contributed by atoms with Crippen LogP contribution in [-0.4, -0.2) is 38.1 Å². The van der Waals surface area contributed by atoms with Gasteiger partial charge in [0.1, 0.15) is 6.04 Å². The third kappa shape index (κ3) is 5.50. The zero-order chi connectivity index (χ0) is 12.6. The van der Waals surface area contributed by atoms with Gasteiger partial charge in [-0.15, -0.1) is 6.58 Å². The highest BCUT2D eigenvalue weighted by atomic mass is 16.5. The van der Waals surface area contributed by atoms with Crippen LogP contribution in [0.15, 0.2) is 12.7 Å². The first-order chi connectivity index (χ1) is 7.52. The molecule has 0 radical (unpaired) electrons. The first-order valence-corrected chi connectivity index (χ1v) is 5.21. The zero-order valence-electron chi connectivity index (χ0n) is 10.1. The standard InChI is InChI=1S/C11H20N2O3/c1-5-6-12-7-9(14)13-10(8(2)3)11(15)16-4/h5,8,10,12H,1,6-7H2,2-4H3,(H,13,14). The largest absolute Gasteiger partial charge is 0.467 e. The number of amides is 1. The van der Waals surface area contributed by atoms with Crippen LogP contribution in [0.2, 0.25) is 0 Å². The summed E-state index contributed by atoms with van der Waals surface area (Å²) < 4.78 is 4.61. The fourth-order valence-corrected chi connectivity index (χ4v) is 1.14. The molecule has 16 heavy (non-hydrogen) atoms. The summed E-state index contributed by atoms with van der Waals surface area (Å²) in [7, 11) is 1.31. The lowest BCUT2D eigenvalue weighted by Crippen LogP contribution is -2.47. The quantitative estimate of drug-likeness (QED) is 0.368.